The second-order valence-electron chi connectivity index (χ2n) is 4.60. The molecule has 1 aliphatic rings. The zero-order valence-electron chi connectivity index (χ0n) is 10.3. The molecule has 0 atom stereocenters. The van der Waals surface area contributed by atoms with Crippen molar-refractivity contribution in [3.05, 3.63) is 11.7 Å². The van der Waals surface area contributed by atoms with Gasteiger partial charge >= 0.3 is 0 Å². The lowest BCUT2D eigenvalue weighted by molar-refractivity contribution is -0.0527. The summed E-state index contributed by atoms with van der Waals surface area (Å²) in [4.78, 5) is 4.40. The maximum atomic E-state index is 8.77. The van der Waals surface area contributed by atoms with E-state index in [1.54, 1.807) is 7.11 Å². The first kappa shape index (κ1) is 12.5. The van der Waals surface area contributed by atoms with Gasteiger partial charge in [0.2, 0.25) is 11.7 Å². The molecule has 17 heavy (non-hydrogen) atoms. The summed E-state index contributed by atoms with van der Waals surface area (Å²) in [6, 6.07) is 0. The van der Waals surface area contributed by atoms with E-state index in [9.17, 15) is 0 Å². The molecule has 0 saturated heterocycles. The van der Waals surface area contributed by atoms with E-state index in [2.05, 4.69) is 10.1 Å². The average molecular weight is 240 g/mol. The molecule has 1 N–H and O–H groups in total. The Morgan fingerprint density at radius 2 is 2.12 bits per heavy atom. The summed E-state index contributed by atoms with van der Waals surface area (Å²) in [6.07, 6.45) is 6.75. The van der Waals surface area contributed by atoms with E-state index in [4.69, 9.17) is 14.4 Å². The van der Waals surface area contributed by atoms with Crippen molar-refractivity contribution in [2.24, 2.45) is 0 Å². The molecular formula is C12H20N2O3. The van der Waals surface area contributed by atoms with Crippen LogP contribution in [0.2, 0.25) is 0 Å². The molecule has 0 aromatic carbocycles. The highest BCUT2D eigenvalue weighted by Crippen LogP contribution is 2.38. The summed E-state index contributed by atoms with van der Waals surface area (Å²) in [5, 5.41) is 12.8. The highest BCUT2D eigenvalue weighted by atomic mass is 16.5. The number of aryl methyl sites for hydroxylation is 1. The molecule has 1 aromatic heterocycles. The molecule has 0 spiro atoms. The van der Waals surface area contributed by atoms with E-state index in [1.807, 2.05) is 0 Å². The number of methoxy groups -OCH3 is 1. The smallest absolute Gasteiger partial charge is 0.226 e. The van der Waals surface area contributed by atoms with E-state index in [-0.39, 0.29) is 12.2 Å². The molecule has 5 nitrogen and oxygen atoms in total. The van der Waals surface area contributed by atoms with Gasteiger partial charge in [-0.15, -0.1) is 0 Å². The van der Waals surface area contributed by atoms with Crippen LogP contribution in [0.5, 0.6) is 0 Å². The van der Waals surface area contributed by atoms with Gasteiger partial charge < -0.3 is 14.4 Å². The van der Waals surface area contributed by atoms with Gasteiger partial charge in [0.1, 0.15) is 5.60 Å². The molecule has 1 saturated carbocycles. The lowest BCUT2D eigenvalue weighted by Gasteiger charge is -2.32. The van der Waals surface area contributed by atoms with Gasteiger partial charge in [0, 0.05) is 20.1 Å². The Morgan fingerprint density at radius 1 is 1.35 bits per heavy atom. The van der Waals surface area contributed by atoms with Crippen molar-refractivity contribution >= 4 is 0 Å². The number of hydrogen-bond acceptors (Lipinski definition) is 5. The van der Waals surface area contributed by atoms with E-state index in [0.717, 1.165) is 25.7 Å². The topological polar surface area (TPSA) is 68.4 Å². The fourth-order valence-corrected chi connectivity index (χ4v) is 2.41. The van der Waals surface area contributed by atoms with Crippen LogP contribution in [0.15, 0.2) is 4.52 Å². The van der Waals surface area contributed by atoms with Gasteiger partial charge in [0.05, 0.1) is 0 Å². The Kier molecular flexibility index (Phi) is 4.12. The van der Waals surface area contributed by atoms with Crippen molar-refractivity contribution in [1.29, 1.82) is 0 Å². The molecule has 0 unspecified atom stereocenters. The molecule has 0 radical (unpaired) electrons. The molecule has 1 heterocycles. The number of aromatic nitrogens is 2. The average Bonchev–Trinajstić information content (AvgIpc) is 2.86. The van der Waals surface area contributed by atoms with Crippen LogP contribution in [-0.4, -0.2) is 29.0 Å². The van der Waals surface area contributed by atoms with Crippen molar-refractivity contribution < 1.29 is 14.4 Å². The Bertz CT molecular complexity index is 345. The van der Waals surface area contributed by atoms with Gasteiger partial charge in [-0.25, -0.2) is 0 Å². The van der Waals surface area contributed by atoms with Crippen LogP contribution in [0, 0.1) is 0 Å². The summed E-state index contributed by atoms with van der Waals surface area (Å²) in [5.41, 5.74) is -0.348. The maximum Gasteiger partial charge on any atom is 0.226 e. The van der Waals surface area contributed by atoms with Crippen LogP contribution in [0.1, 0.15) is 50.2 Å². The molecular weight excluding hydrogens is 220 g/mol. The van der Waals surface area contributed by atoms with Crippen molar-refractivity contribution in [3.63, 3.8) is 0 Å². The van der Waals surface area contributed by atoms with E-state index in [1.165, 1.54) is 6.42 Å². The summed E-state index contributed by atoms with van der Waals surface area (Å²) in [5.74, 6) is 1.27. The number of hydrogen-bond donors (Lipinski definition) is 1. The molecule has 0 aliphatic heterocycles. The van der Waals surface area contributed by atoms with Crippen molar-refractivity contribution in [2.75, 3.05) is 13.7 Å². The normalized spacial score (nSPS) is 19.4. The molecule has 96 valence electrons. The fraction of sp³-hybridized carbons (Fsp3) is 0.833. The summed E-state index contributed by atoms with van der Waals surface area (Å²) in [7, 11) is 1.72. The minimum Gasteiger partial charge on any atom is -0.396 e. The number of aliphatic hydroxyl groups excluding tert-OH is 1. The fourth-order valence-electron chi connectivity index (χ4n) is 2.41. The van der Waals surface area contributed by atoms with E-state index in [0.29, 0.717) is 24.6 Å². The predicted octanol–water partition coefficient (Wildman–Crippen LogP) is 1.80. The number of ether oxygens (including phenoxy) is 1. The molecule has 2 rings (SSSR count). The Labute approximate surface area is 101 Å². The van der Waals surface area contributed by atoms with Gasteiger partial charge in [0.25, 0.3) is 0 Å². The lowest BCUT2D eigenvalue weighted by atomic mass is 9.84. The second-order valence-corrected chi connectivity index (χ2v) is 4.60. The number of nitrogens with zero attached hydrogens (tertiary/aromatic N) is 2. The molecule has 1 fully saturated rings. The van der Waals surface area contributed by atoms with Crippen LogP contribution in [0.25, 0.3) is 0 Å². The second kappa shape index (κ2) is 5.60. The highest BCUT2D eigenvalue weighted by molar-refractivity contribution is 5.03. The van der Waals surface area contributed by atoms with Crippen molar-refractivity contribution in [2.45, 2.75) is 50.5 Å². The number of aliphatic hydroxyl groups is 1. The van der Waals surface area contributed by atoms with E-state index >= 15 is 0 Å². The molecule has 1 aromatic rings. The van der Waals surface area contributed by atoms with Crippen LogP contribution < -0.4 is 0 Å². The molecule has 0 amide bonds. The van der Waals surface area contributed by atoms with Gasteiger partial charge in [0.15, 0.2) is 0 Å². The Morgan fingerprint density at radius 3 is 2.76 bits per heavy atom. The Hall–Kier alpha value is -0.940. The van der Waals surface area contributed by atoms with Crippen LogP contribution in [0.3, 0.4) is 0 Å². The van der Waals surface area contributed by atoms with Crippen LogP contribution in [0.4, 0.5) is 0 Å². The first-order chi connectivity index (χ1) is 8.30. The zero-order valence-corrected chi connectivity index (χ0v) is 10.3. The standard InChI is InChI=1S/C12H20N2O3/c1-16-12(7-3-2-4-8-12)11-13-10(17-14-11)6-5-9-15/h15H,2-9H2,1H3. The van der Waals surface area contributed by atoms with Crippen molar-refractivity contribution in [1.82, 2.24) is 10.1 Å². The first-order valence-electron chi connectivity index (χ1n) is 6.30. The van der Waals surface area contributed by atoms with Gasteiger partial charge in [-0.3, -0.25) is 0 Å². The molecule has 1 aliphatic carbocycles. The predicted molar refractivity (Wildman–Crippen MR) is 61.5 cm³/mol. The van der Waals surface area contributed by atoms with Gasteiger partial charge in [-0.2, -0.15) is 4.98 Å². The molecule has 5 heteroatoms. The van der Waals surface area contributed by atoms with Gasteiger partial charge in [-0.1, -0.05) is 24.4 Å². The first-order valence-corrected chi connectivity index (χ1v) is 6.30. The van der Waals surface area contributed by atoms with Crippen LogP contribution in [-0.2, 0) is 16.8 Å². The summed E-state index contributed by atoms with van der Waals surface area (Å²) >= 11 is 0. The van der Waals surface area contributed by atoms with Gasteiger partial charge in [-0.05, 0) is 19.3 Å². The van der Waals surface area contributed by atoms with Crippen molar-refractivity contribution in [3.8, 4) is 0 Å². The largest absolute Gasteiger partial charge is 0.396 e. The minimum absolute atomic E-state index is 0.146. The zero-order chi connectivity index (χ0) is 12.1. The SMILES string of the molecule is COC1(c2noc(CCCO)n2)CCCCC1. The molecule has 0 bridgehead atoms. The number of rotatable bonds is 5. The summed E-state index contributed by atoms with van der Waals surface area (Å²) in [6.45, 7) is 0.146. The third-order valence-corrected chi connectivity index (χ3v) is 3.48. The van der Waals surface area contributed by atoms with Crippen LogP contribution >= 0.6 is 0 Å². The highest BCUT2D eigenvalue weighted by Gasteiger charge is 2.38. The summed E-state index contributed by atoms with van der Waals surface area (Å²) < 4.78 is 10.8. The van der Waals surface area contributed by atoms with E-state index < -0.39 is 0 Å². The third-order valence-electron chi connectivity index (χ3n) is 3.48. The quantitative estimate of drug-likeness (QED) is 0.850. The minimum atomic E-state index is -0.348. The Balaban J connectivity index is 2.10. The monoisotopic (exact) mass is 240 g/mol. The third kappa shape index (κ3) is 2.66. The maximum absolute atomic E-state index is 8.77. The lowest BCUT2D eigenvalue weighted by Crippen LogP contribution is -2.32.